The van der Waals surface area contributed by atoms with E-state index in [0.717, 1.165) is 17.7 Å². The van der Waals surface area contributed by atoms with E-state index < -0.39 is 11.6 Å². The number of thioether (sulfide) groups is 1. The van der Waals surface area contributed by atoms with Crippen molar-refractivity contribution in [3.8, 4) is 5.75 Å². The summed E-state index contributed by atoms with van der Waals surface area (Å²) in [6.45, 7) is 8.98. The van der Waals surface area contributed by atoms with Crippen molar-refractivity contribution in [1.29, 1.82) is 0 Å². The van der Waals surface area contributed by atoms with Crippen LogP contribution < -0.4 is 4.74 Å². The highest BCUT2D eigenvalue weighted by Gasteiger charge is 2.32. The zero-order valence-electron chi connectivity index (χ0n) is 15.9. The number of rotatable bonds is 6. The fourth-order valence-corrected chi connectivity index (χ4v) is 3.78. The topological polar surface area (TPSA) is 29.5 Å². The number of hydrogen-bond acceptors (Lipinski definition) is 4. The fourth-order valence-electron chi connectivity index (χ4n) is 2.47. The van der Waals surface area contributed by atoms with Gasteiger partial charge in [-0.2, -0.15) is 4.39 Å². The Morgan fingerprint density at radius 2 is 2.04 bits per heavy atom. The molecular weight excluding hydrogens is 373 g/mol. The number of hydrogen-bond donors (Lipinski definition) is 0. The maximum Gasteiger partial charge on any atom is 0.227 e. The predicted octanol–water partition coefficient (Wildman–Crippen LogP) is 6.41. The Kier molecular flexibility index (Phi) is 6.80. The smallest absolute Gasteiger partial charge is 0.227 e. The fraction of sp³-hybridized carbons (Fsp3) is 0.450. The first-order valence-electron chi connectivity index (χ1n) is 8.63. The standard InChI is InChI=1S/C20H25ClFNO2S/c1-6-7-10-23-12-16(20(2,3)4)26-19(23)17(22)18(24)14-11-13(21)8-9-15(14)25-5/h8-9,11-12H,6-7,10H2,1-5H3/b19-17+. The molecule has 0 fully saturated rings. The molecule has 0 radical (unpaired) electrons. The van der Waals surface area contributed by atoms with Crippen LogP contribution in [0.25, 0.3) is 0 Å². The average Bonchev–Trinajstić information content (AvgIpc) is 3.03. The lowest BCUT2D eigenvalue weighted by atomic mass is 9.96. The van der Waals surface area contributed by atoms with Gasteiger partial charge in [0.2, 0.25) is 11.6 Å². The molecule has 0 bridgehead atoms. The molecule has 0 aromatic heterocycles. The van der Waals surface area contributed by atoms with Crippen molar-refractivity contribution in [2.24, 2.45) is 5.41 Å². The zero-order chi connectivity index (χ0) is 19.5. The lowest BCUT2D eigenvalue weighted by Gasteiger charge is -2.18. The van der Waals surface area contributed by atoms with E-state index in [2.05, 4.69) is 27.7 Å². The highest BCUT2D eigenvalue weighted by Crippen LogP contribution is 2.47. The second-order valence-corrected chi connectivity index (χ2v) is 8.65. The summed E-state index contributed by atoms with van der Waals surface area (Å²) in [5.74, 6) is -1.18. The Balaban J connectivity index is 2.43. The first-order valence-corrected chi connectivity index (χ1v) is 9.83. The van der Waals surface area contributed by atoms with Gasteiger partial charge in [0.15, 0.2) is 0 Å². The van der Waals surface area contributed by atoms with E-state index in [1.54, 1.807) is 12.1 Å². The van der Waals surface area contributed by atoms with Crippen LogP contribution in [0, 0.1) is 5.41 Å². The van der Waals surface area contributed by atoms with Gasteiger partial charge in [0, 0.05) is 22.7 Å². The SMILES string of the molecule is CCCCN1C=C(C(C)(C)C)S/C1=C(/F)C(=O)c1cc(Cl)ccc1OC. The van der Waals surface area contributed by atoms with E-state index in [1.165, 1.54) is 24.9 Å². The summed E-state index contributed by atoms with van der Waals surface area (Å²) >= 11 is 7.31. The minimum atomic E-state index is -0.776. The minimum absolute atomic E-state index is 0.117. The van der Waals surface area contributed by atoms with Gasteiger partial charge in [-0.05, 0) is 30.0 Å². The number of carbonyl (C=O) groups excluding carboxylic acids is 1. The van der Waals surface area contributed by atoms with Crippen LogP contribution in [0.1, 0.15) is 50.9 Å². The normalized spacial score (nSPS) is 16.6. The third-order valence-corrected chi connectivity index (χ3v) is 5.81. The van der Waals surface area contributed by atoms with E-state index in [0.29, 0.717) is 22.3 Å². The Morgan fingerprint density at radius 1 is 1.35 bits per heavy atom. The van der Waals surface area contributed by atoms with Gasteiger partial charge < -0.3 is 9.64 Å². The van der Waals surface area contributed by atoms with Gasteiger partial charge in [0.25, 0.3) is 0 Å². The Morgan fingerprint density at radius 3 is 2.62 bits per heavy atom. The lowest BCUT2D eigenvalue weighted by molar-refractivity contribution is 0.0998. The molecule has 0 aliphatic carbocycles. The summed E-state index contributed by atoms with van der Waals surface area (Å²) in [6.07, 6.45) is 3.86. The van der Waals surface area contributed by atoms with Crippen molar-refractivity contribution in [3.63, 3.8) is 0 Å². The summed E-state index contributed by atoms with van der Waals surface area (Å²) in [5.41, 5.74) is 0.0128. The number of unbranched alkanes of at least 4 members (excludes halogenated alkanes) is 1. The molecule has 0 amide bonds. The number of benzene rings is 1. The van der Waals surface area contributed by atoms with Gasteiger partial charge in [0.05, 0.1) is 12.7 Å². The van der Waals surface area contributed by atoms with Gasteiger partial charge in [-0.3, -0.25) is 4.79 Å². The molecule has 0 atom stereocenters. The zero-order valence-corrected chi connectivity index (χ0v) is 17.4. The summed E-state index contributed by atoms with van der Waals surface area (Å²) in [5, 5.41) is 0.706. The molecule has 26 heavy (non-hydrogen) atoms. The number of methoxy groups -OCH3 is 1. The van der Waals surface area contributed by atoms with E-state index >= 15 is 4.39 Å². The van der Waals surface area contributed by atoms with Crippen LogP contribution in [0.2, 0.25) is 5.02 Å². The van der Waals surface area contributed by atoms with Crippen molar-refractivity contribution in [1.82, 2.24) is 4.90 Å². The van der Waals surface area contributed by atoms with E-state index in [4.69, 9.17) is 16.3 Å². The number of ether oxygens (including phenoxy) is 1. The summed E-state index contributed by atoms with van der Waals surface area (Å²) in [6, 6.07) is 4.62. The second kappa shape index (κ2) is 8.49. The molecule has 0 saturated heterocycles. The molecule has 6 heteroatoms. The van der Waals surface area contributed by atoms with Gasteiger partial charge >= 0.3 is 0 Å². The van der Waals surface area contributed by atoms with Crippen LogP contribution in [0.4, 0.5) is 4.39 Å². The molecule has 1 aromatic carbocycles. The van der Waals surface area contributed by atoms with Crippen molar-refractivity contribution in [2.45, 2.75) is 40.5 Å². The average molecular weight is 398 g/mol. The Hall–Kier alpha value is -1.46. The predicted molar refractivity (Wildman–Crippen MR) is 107 cm³/mol. The summed E-state index contributed by atoms with van der Waals surface area (Å²) in [4.78, 5) is 15.7. The van der Waals surface area contributed by atoms with Gasteiger partial charge in [0.1, 0.15) is 10.8 Å². The van der Waals surface area contributed by atoms with Gasteiger partial charge in [-0.15, -0.1) is 0 Å². The Bertz CT molecular complexity index is 753. The number of carbonyl (C=O) groups is 1. The number of halogens is 2. The molecule has 1 aliphatic heterocycles. The highest BCUT2D eigenvalue weighted by atomic mass is 35.5. The van der Waals surface area contributed by atoms with Crippen LogP contribution >= 0.6 is 23.4 Å². The minimum Gasteiger partial charge on any atom is -0.496 e. The van der Waals surface area contributed by atoms with Gasteiger partial charge in [-0.1, -0.05) is 57.5 Å². The largest absolute Gasteiger partial charge is 0.496 e. The van der Waals surface area contributed by atoms with E-state index in [1.807, 2.05) is 11.1 Å². The molecule has 3 nitrogen and oxygen atoms in total. The summed E-state index contributed by atoms with van der Waals surface area (Å²) < 4.78 is 20.4. The maximum atomic E-state index is 15.2. The van der Waals surface area contributed by atoms with Crippen LogP contribution in [0.5, 0.6) is 5.75 Å². The van der Waals surface area contributed by atoms with Crippen molar-refractivity contribution >= 4 is 29.1 Å². The van der Waals surface area contributed by atoms with Crippen LogP contribution in [0.15, 0.2) is 40.2 Å². The molecule has 0 N–H and O–H groups in total. The quantitative estimate of drug-likeness (QED) is 0.410. The molecule has 0 spiro atoms. The molecule has 142 valence electrons. The number of ketones is 1. The molecule has 0 unspecified atom stereocenters. The number of Topliss-reactive ketones (excluding diaryl/α,β-unsaturated/α-hetero) is 1. The highest BCUT2D eigenvalue weighted by molar-refractivity contribution is 8.07. The van der Waals surface area contributed by atoms with Crippen molar-refractivity contribution < 1.29 is 13.9 Å². The van der Waals surface area contributed by atoms with Crippen molar-refractivity contribution in [2.75, 3.05) is 13.7 Å². The third-order valence-electron chi connectivity index (χ3n) is 4.03. The van der Waals surface area contributed by atoms with Crippen LogP contribution in [-0.2, 0) is 0 Å². The van der Waals surface area contributed by atoms with E-state index in [9.17, 15) is 4.79 Å². The van der Waals surface area contributed by atoms with E-state index in [-0.39, 0.29) is 11.0 Å². The van der Waals surface area contributed by atoms with Crippen molar-refractivity contribution in [3.05, 3.63) is 50.7 Å². The molecule has 2 rings (SSSR count). The first-order chi connectivity index (χ1) is 12.2. The summed E-state index contributed by atoms with van der Waals surface area (Å²) in [7, 11) is 1.45. The number of nitrogens with zero attached hydrogens (tertiary/aromatic N) is 1. The molecular formula is C20H25ClFNO2S. The van der Waals surface area contributed by atoms with Crippen LogP contribution in [0.3, 0.4) is 0 Å². The lowest BCUT2D eigenvalue weighted by Crippen LogP contribution is -2.17. The number of allylic oxidation sites excluding steroid dienone is 2. The maximum absolute atomic E-state index is 15.2. The third kappa shape index (κ3) is 4.63. The monoisotopic (exact) mass is 397 g/mol. The molecule has 0 saturated carbocycles. The second-order valence-electron chi connectivity index (χ2n) is 7.19. The van der Waals surface area contributed by atoms with Crippen LogP contribution in [-0.4, -0.2) is 24.3 Å². The molecule has 1 aliphatic rings. The Labute approximate surface area is 164 Å². The molecule has 1 heterocycles. The first kappa shape index (κ1) is 20.8. The van der Waals surface area contributed by atoms with Gasteiger partial charge in [-0.25, -0.2) is 0 Å². The molecule has 1 aromatic rings.